The number of benzene rings is 2. The Labute approximate surface area is 137 Å². The molecular formula is C19H22N2O2. The maximum atomic E-state index is 12.0. The van der Waals surface area contributed by atoms with E-state index in [0.29, 0.717) is 19.4 Å². The summed E-state index contributed by atoms with van der Waals surface area (Å²) in [6.45, 7) is 0.580. The van der Waals surface area contributed by atoms with E-state index in [9.17, 15) is 9.59 Å². The molecule has 0 aliphatic heterocycles. The molecule has 0 aliphatic rings. The quantitative estimate of drug-likeness (QED) is 0.853. The van der Waals surface area contributed by atoms with Gasteiger partial charge < -0.3 is 10.2 Å². The van der Waals surface area contributed by atoms with E-state index >= 15 is 0 Å². The Morgan fingerprint density at radius 3 is 2.09 bits per heavy atom. The third kappa shape index (κ3) is 5.94. The molecular weight excluding hydrogens is 288 g/mol. The predicted octanol–water partition coefficient (Wildman–Crippen LogP) is 2.39. The number of nitrogens with zero attached hydrogens (tertiary/aromatic N) is 1. The van der Waals surface area contributed by atoms with Crippen LogP contribution in [0.4, 0.5) is 0 Å². The van der Waals surface area contributed by atoms with Crippen molar-refractivity contribution in [3.8, 4) is 0 Å². The average Bonchev–Trinajstić information content (AvgIpc) is 2.59. The van der Waals surface area contributed by atoms with E-state index < -0.39 is 0 Å². The molecule has 1 N–H and O–H groups in total. The van der Waals surface area contributed by atoms with Gasteiger partial charge in [0.2, 0.25) is 11.8 Å². The van der Waals surface area contributed by atoms with Gasteiger partial charge in [-0.15, -0.1) is 0 Å². The molecule has 0 heterocycles. The second kappa shape index (κ2) is 8.73. The van der Waals surface area contributed by atoms with Crippen LogP contribution in [0.1, 0.15) is 17.5 Å². The SMILES string of the molecule is CN(Cc1ccccc1)C(=O)CNC(=O)CCc1ccccc1. The molecule has 2 aromatic rings. The number of carbonyl (C=O) groups excluding carboxylic acids is 2. The highest BCUT2D eigenvalue weighted by atomic mass is 16.2. The summed E-state index contributed by atoms with van der Waals surface area (Å²) in [4.78, 5) is 25.5. The van der Waals surface area contributed by atoms with E-state index in [1.807, 2.05) is 60.7 Å². The third-order valence-electron chi connectivity index (χ3n) is 3.61. The molecule has 0 aromatic heterocycles. The maximum Gasteiger partial charge on any atom is 0.242 e. The number of nitrogens with one attached hydrogen (secondary N) is 1. The van der Waals surface area contributed by atoms with Crippen molar-refractivity contribution in [2.45, 2.75) is 19.4 Å². The number of likely N-dealkylation sites (N-methyl/N-ethyl adjacent to an activating group) is 1. The Hall–Kier alpha value is -2.62. The molecule has 0 atom stereocenters. The molecule has 0 unspecified atom stereocenters. The fourth-order valence-corrected chi connectivity index (χ4v) is 2.25. The number of aryl methyl sites for hydroxylation is 1. The van der Waals surface area contributed by atoms with E-state index in [0.717, 1.165) is 11.1 Å². The van der Waals surface area contributed by atoms with E-state index in [1.54, 1.807) is 11.9 Å². The van der Waals surface area contributed by atoms with Gasteiger partial charge in [0.25, 0.3) is 0 Å². The second-order valence-corrected chi connectivity index (χ2v) is 5.50. The number of amides is 2. The lowest BCUT2D eigenvalue weighted by molar-refractivity contribution is -0.132. The molecule has 2 amide bonds. The lowest BCUT2D eigenvalue weighted by atomic mass is 10.1. The van der Waals surface area contributed by atoms with Crippen molar-refractivity contribution in [1.29, 1.82) is 0 Å². The van der Waals surface area contributed by atoms with Crippen LogP contribution in [0.5, 0.6) is 0 Å². The van der Waals surface area contributed by atoms with Gasteiger partial charge >= 0.3 is 0 Å². The Balaban J connectivity index is 1.70. The predicted molar refractivity (Wildman–Crippen MR) is 90.7 cm³/mol. The van der Waals surface area contributed by atoms with Gasteiger partial charge in [-0.05, 0) is 17.5 Å². The van der Waals surface area contributed by atoms with Crippen molar-refractivity contribution in [3.05, 3.63) is 71.8 Å². The summed E-state index contributed by atoms with van der Waals surface area (Å²) < 4.78 is 0. The monoisotopic (exact) mass is 310 g/mol. The van der Waals surface area contributed by atoms with Crippen molar-refractivity contribution in [1.82, 2.24) is 10.2 Å². The summed E-state index contributed by atoms with van der Waals surface area (Å²) in [5, 5.41) is 2.69. The van der Waals surface area contributed by atoms with Crippen LogP contribution in [0.15, 0.2) is 60.7 Å². The molecule has 0 saturated heterocycles. The molecule has 0 bridgehead atoms. The van der Waals surface area contributed by atoms with Gasteiger partial charge in [-0.2, -0.15) is 0 Å². The molecule has 0 aliphatic carbocycles. The first kappa shape index (κ1) is 16.7. The van der Waals surface area contributed by atoms with Crippen LogP contribution in [0.2, 0.25) is 0 Å². The average molecular weight is 310 g/mol. The molecule has 0 saturated carbocycles. The van der Waals surface area contributed by atoms with Crippen molar-refractivity contribution < 1.29 is 9.59 Å². The summed E-state index contributed by atoms with van der Waals surface area (Å²) in [6.07, 6.45) is 1.07. The van der Waals surface area contributed by atoms with E-state index in [4.69, 9.17) is 0 Å². The fraction of sp³-hybridized carbons (Fsp3) is 0.263. The lowest BCUT2D eigenvalue weighted by Gasteiger charge is -2.17. The van der Waals surface area contributed by atoms with Gasteiger partial charge in [0.1, 0.15) is 0 Å². The van der Waals surface area contributed by atoms with Gasteiger partial charge in [0, 0.05) is 20.0 Å². The third-order valence-corrected chi connectivity index (χ3v) is 3.61. The first-order valence-corrected chi connectivity index (χ1v) is 7.73. The van der Waals surface area contributed by atoms with Gasteiger partial charge in [-0.1, -0.05) is 60.7 Å². The van der Waals surface area contributed by atoms with Crippen LogP contribution >= 0.6 is 0 Å². The van der Waals surface area contributed by atoms with Gasteiger partial charge in [0.05, 0.1) is 6.54 Å². The molecule has 23 heavy (non-hydrogen) atoms. The highest BCUT2D eigenvalue weighted by Gasteiger charge is 2.10. The molecule has 0 radical (unpaired) electrons. The van der Waals surface area contributed by atoms with E-state index in [2.05, 4.69) is 5.32 Å². The first-order chi connectivity index (χ1) is 11.1. The zero-order chi connectivity index (χ0) is 16.5. The van der Waals surface area contributed by atoms with Crippen LogP contribution in [-0.2, 0) is 22.6 Å². The molecule has 4 nitrogen and oxygen atoms in total. The van der Waals surface area contributed by atoms with Crippen molar-refractivity contribution in [2.75, 3.05) is 13.6 Å². The van der Waals surface area contributed by atoms with Crippen LogP contribution in [0.3, 0.4) is 0 Å². The largest absolute Gasteiger partial charge is 0.347 e. The summed E-state index contributed by atoms with van der Waals surface area (Å²) in [7, 11) is 1.74. The van der Waals surface area contributed by atoms with Crippen LogP contribution in [-0.4, -0.2) is 30.3 Å². The summed E-state index contributed by atoms with van der Waals surface area (Å²) >= 11 is 0. The number of hydrogen-bond acceptors (Lipinski definition) is 2. The Kier molecular flexibility index (Phi) is 6.36. The Morgan fingerprint density at radius 2 is 1.48 bits per heavy atom. The minimum Gasteiger partial charge on any atom is -0.347 e. The molecule has 0 spiro atoms. The number of rotatable bonds is 7. The van der Waals surface area contributed by atoms with E-state index in [-0.39, 0.29) is 18.4 Å². The standard InChI is InChI=1S/C19H22N2O2/c1-21(15-17-10-6-3-7-11-17)19(23)14-20-18(22)13-12-16-8-4-2-5-9-16/h2-11H,12-15H2,1H3,(H,20,22). The topological polar surface area (TPSA) is 49.4 Å². The van der Waals surface area contributed by atoms with E-state index in [1.165, 1.54) is 0 Å². The summed E-state index contributed by atoms with van der Waals surface area (Å²) in [5.41, 5.74) is 2.19. The van der Waals surface area contributed by atoms with Crippen LogP contribution in [0.25, 0.3) is 0 Å². The molecule has 2 rings (SSSR count). The zero-order valence-electron chi connectivity index (χ0n) is 13.4. The minimum absolute atomic E-state index is 0.0386. The maximum absolute atomic E-state index is 12.0. The zero-order valence-corrected chi connectivity index (χ0v) is 13.4. The van der Waals surface area contributed by atoms with Crippen molar-refractivity contribution >= 4 is 11.8 Å². The lowest BCUT2D eigenvalue weighted by Crippen LogP contribution is -2.37. The van der Waals surface area contributed by atoms with Gasteiger partial charge in [-0.3, -0.25) is 9.59 Å². The first-order valence-electron chi connectivity index (χ1n) is 7.73. The highest BCUT2D eigenvalue weighted by molar-refractivity contribution is 5.84. The number of hydrogen-bond donors (Lipinski definition) is 1. The van der Waals surface area contributed by atoms with Crippen molar-refractivity contribution in [3.63, 3.8) is 0 Å². The van der Waals surface area contributed by atoms with Crippen LogP contribution < -0.4 is 5.32 Å². The smallest absolute Gasteiger partial charge is 0.242 e. The summed E-state index contributed by atoms with van der Waals surface area (Å²) in [6, 6.07) is 19.6. The molecule has 120 valence electrons. The van der Waals surface area contributed by atoms with Crippen LogP contribution in [0, 0.1) is 0 Å². The molecule has 0 fully saturated rings. The Bertz CT molecular complexity index is 626. The van der Waals surface area contributed by atoms with Crippen molar-refractivity contribution in [2.24, 2.45) is 0 Å². The fourth-order valence-electron chi connectivity index (χ4n) is 2.25. The van der Waals surface area contributed by atoms with Gasteiger partial charge in [0.15, 0.2) is 0 Å². The highest BCUT2D eigenvalue weighted by Crippen LogP contribution is 2.03. The normalized spacial score (nSPS) is 10.1. The number of carbonyl (C=O) groups is 2. The minimum atomic E-state index is -0.102. The second-order valence-electron chi connectivity index (χ2n) is 5.50. The van der Waals surface area contributed by atoms with Gasteiger partial charge in [-0.25, -0.2) is 0 Å². The molecule has 2 aromatic carbocycles. The Morgan fingerprint density at radius 1 is 0.913 bits per heavy atom. The molecule has 4 heteroatoms. The summed E-state index contributed by atoms with van der Waals surface area (Å²) in [5.74, 6) is -0.197.